The number of hydrogen-bond acceptors (Lipinski definition) is 2. The van der Waals surface area contributed by atoms with Crippen LogP contribution in [-0.4, -0.2) is 43.1 Å². The van der Waals surface area contributed by atoms with Crippen molar-refractivity contribution in [3.63, 3.8) is 0 Å². The van der Waals surface area contributed by atoms with Crippen molar-refractivity contribution >= 4 is 11.6 Å². The lowest BCUT2D eigenvalue weighted by Crippen LogP contribution is -2.46. The van der Waals surface area contributed by atoms with Crippen LogP contribution in [0.2, 0.25) is 0 Å². The van der Waals surface area contributed by atoms with Crippen LogP contribution in [0.1, 0.15) is 17.0 Å². The normalized spacial score (nSPS) is 28.5. The Morgan fingerprint density at radius 1 is 1.35 bits per heavy atom. The third-order valence-electron chi connectivity index (χ3n) is 3.83. The molecule has 1 heterocycles. The first-order chi connectivity index (χ1) is 8.36. The van der Waals surface area contributed by atoms with Crippen LogP contribution < -0.4 is 0 Å². The quantitative estimate of drug-likeness (QED) is 0.765. The molecule has 2 atom stereocenters. The first-order valence-corrected chi connectivity index (χ1v) is 6.88. The number of fused-ring (bicyclic) bond motifs is 1. The highest BCUT2D eigenvalue weighted by Crippen LogP contribution is 2.35. The van der Waals surface area contributed by atoms with Crippen LogP contribution in [0.15, 0.2) is 24.3 Å². The fourth-order valence-corrected chi connectivity index (χ4v) is 3.06. The van der Waals surface area contributed by atoms with E-state index < -0.39 is 0 Å². The lowest BCUT2D eigenvalue weighted by molar-refractivity contribution is -0.0189. The van der Waals surface area contributed by atoms with Gasteiger partial charge < -0.3 is 4.74 Å². The van der Waals surface area contributed by atoms with Crippen molar-refractivity contribution < 1.29 is 4.74 Å². The monoisotopic (exact) mass is 251 g/mol. The van der Waals surface area contributed by atoms with Crippen molar-refractivity contribution in [3.8, 4) is 0 Å². The molecule has 0 N–H and O–H groups in total. The SMILES string of the molecule is ClCC1CN(CC2Cc3ccccc32)CCO1. The largest absolute Gasteiger partial charge is 0.374 e. The van der Waals surface area contributed by atoms with Crippen molar-refractivity contribution in [2.45, 2.75) is 18.4 Å². The molecular formula is C14H18ClNO. The number of hydrogen-bond donors (Lipinski definition) is 0. The van der Waals surface area contributed by atoms with Gasteiger partial charge in [0.1, 0.15) is 0 Å². The highest BCUT2D eigenvalue weighted by atomic mass is 35.5. The van der Waals surface area contributed by atoms with Crippen molar-refractivity contribution in [2.75, 3.05) is 32.1 Å². The van der Waals surface area contributed by atoms with Crippen molar-refractivity contribution in [1.82, 2.24) is 4.90 Å². The third-order valence-corrected chi connectivity index (χ3v) is 4.18. The van der Waals surface area contributed by atoms with Crippen LogP contribution >= 0.6 is 11.6 Å². The lowest BCUT2D eigenvalue weighted by atomic mass is 9.77. The van der Waals surface area contributed by atoms with Crippen LogP contribution in [0.4, 0.5) is 0 Å². The molecule has 1 aromatic carbocycles. The standard InChI is InChI=1S/C14H18ClNO/c15-8-13-10-16(5-6-17-13)9-12-7-11-3-1-2-4-14(11)12/h1-4,12-13H,5-10H2. The molecule has 2 unspecified atom stereocenters. The Morgan fingerprint density at radius 3 is 3.06 bits per heavy atom. The molecule has 0 bridgehead atoms. The van der Waals surface area contributed by atoms with Gasteiger partial charge in [-0.15, -0.1) is 11.6 Å². The molecule has 0 aromatic heterocycles. The second-order valence-corrected chi connectivity index (χ2v) is 5.32. The van der Waals surface area contributed by atoms with Crippen LogP contribution in [0, 0.1) is 0 Å². The predicted molar refractivity (Wildman–Crippen MR) is 69.8 cm³/mol. The summed E-state index contributed by atoms with van der Waals surface area (Å²) in [4.78, 5) is 2.50. The molecule has 1 aliphatic carbocycles. The van der Waals surface area contributed by atoms with Crippen LogP contribution in [0.25, 0.3) is 0 Å². The Kier molecular flexibility index (Phi) is 3.37. The van der Waals surface area contributed by atoms with Crippen LogP contribution in [-0.2, 0) is 11.2 Å². The highest BCUT2D eigenvalue weighted by molar-refractivity contribution is 6.18. The lowest BCUT2D eigenvalue weighted by Gasteiger charge is -2.38. The molecular weight excluding hydrogens is 234 g/mol. The van der Waals surface area contributed by atoms with Crippen molar-refractivity contribution in [1.29, 1.82) is 0 Å². The van der Waals surface area contributed by atoms with E-state index in [1.54, 1.807) is 5.56 Å². The average Bonchev–Trinajstić information content (AvgIpc) is 2.36. The molecule has 92 valence electrons. The summed E-state index contributed by atoms with van der Waals surface area (Å²) in [7, 11) is 0. The minimum Gasteiger partial charge on any atom is -0.374 e. The van der Waals surface area contributed by atoms with Gasteiger partial charge in [-0.2, -0.15) is 0 Å². The van der Waals surface area contributed by atoms with Gasteiger partial charge >= 0.3 is 0 Å². The van der Waals surface area contributed by atoms with Gasteiger partial charge in [0.15, 0.2) is 0 Å². The second-order valence-electron chi connectivity index (χ2n) is 5.01. The maximum Gasteiger partial charge on any atom is 0.0837 e. The Balaban J connectivity index is 1.59. The Bertz CT molecular complexity index is 396. The minimum absolute atomic E-state index is 0.223. The summed E-state index contributed by atoms with van der Waals surface area (Å²) < 4.78 is 5.59. The van der Waals surface area contributed by atoms with Gasteiger partial charge in [0, 0.05) is 31.4 Å². The molecule has 17 heavy (non-hydrogen) atoms. The van der Waals surface area contributed by atoms with E-state index >= 15 is 0 Å². The van der Waals surface area contributed by atoms with Crippen molar-refractivity contribution in [2.24, 2.45) is 0 Å². The fraction of sp³-hybridized carbons (Fsp3) is 0.571. The summed E-state index contributed by atoms with van der Waals surface area (Å²) in [6.45, 7) is 4.02. The van der Waals surface area contributed by atoms with E-state index in [-0.39, 0.29) is 6.10 Å². The molecule has 0 saturated carbocycles. The number of halogens is 1. The van der Waals surface area contributed by atoms with Gasteiger partial charge in [-0.1, -0.05) is 24.3 Å². The summed E-state index contributed by atoms with van der Waals surface area (Å²) in [5, 5.41) is 0. The first-order valence-electron chi connectivity index (χ1n) is 6.34. The maximum atomic E-state index is 5.86. The molecule has 1 fully saturated rings. The molecule has 1 saturated heterocycles. The Morgan fingerprint density at radius 2 is 2.24 bits per heavy atom. The second kappa shape index (κ2) is 4.97. The van der Waals surface area contributed by atoms with Gasteiger partial charge in [0.05, 0.1) is 12.7 Å². The predicted octanol–water partition coefficient (Wildman–Crippen LogP) is 2.27. The molecule has 2 nitrogen and oxygen atoms in total. The van der Waals surface area contributed by atoms with Gasteiger partial charge in [-0.05, 0) is 17.5 Å². The smallest absolute Gasteiger partial charge is 0.0837 e. The summed E-state index contributed by atoms with van der Waals surface area (Å²) in [6.07, 6.45) is 1.46. The number of benzene rings is 1. The molecule has 3 heteroatoms. The molecule has 0 radical (unpaired) electrons. The number of alkyl halides is 1. The highest BCUT2D eigenvalue weighted by Gasteiger charge is 2.29. The third kappa shape index (κ3) is 2.35. The van der Waals surface area contributed by atoms with Gasteiger partial charge in [0.25, 0.3) is 0 Å². The average molecular weight is 252 g/mol. The van der Waals surface area contributed by atoms with Gasteiger partial charge in [-0.3, -0.25) is 4.90 Å². The molecule has 0 spiro atoms. The zero-order chi connectivity index (χ0) is 11.7. The van der Waals surface area contributed by atoms with Gasteiger partial charge in [0.2, 0.25) is 0 Å². The van der Waals surface area contributed by atoms with Gasteiger partial charge in [-0.25, -0.2) is 0 Å². The topological polar surface area (TPSA) is 12.5 Å². The zero-order valence-electron chi connectivity index (χ0n) is 9.94. The summed E-state index contributed by atoms with van der Waals surface area (Å²) in [5.41, 5.74) is 3.07. The molecule has 0 amide bonds. The van der Waals surface area contributed by atoms with E-state index in [0.717, 1.165) is 32.2 Å². The van der Waals surface area contributed by atoms with E-state index in [9.17, 15) is 0 Å². The number of rotatable bonds is 3. The fourth-order valence-electron chi connectivity index (χ4n) is 2.88. The number of ether oxygens (including phenoxy) is 1. The van der Waals surface area contributed by atoms with E-state index in [2.05, 4.69) is 29.2 Å². The first kappa shape index (κ1) is 11.5. The number of nitrogens with zero attached hydrogens (tertiary/aromatic N) is 1. The minimum atomic E-state index is 0.223. The molecule has 3 rings (SSSR count). The molecule has 1 aromatic rings. The zero-order valence-corrected chi connectivity index (χ0v) is 10.7. The van der Waals surface area contributed by atoms with E-state index in [4.69, 9.17) is 16.3 Å². The van der Waals surface area contributed by atoms with Crippen LogP contribution in [0.3, 0.4) is 0 Å². The van der Waals surface area contributed by atoms with Crippen molar-refractivity contribution in [3.05, 3.63) is 35.4 Å². The van der Waals surface area contributed by atoms with E-state index in [1.807, 2.05) is 0 Å². The maximum absolute atomic E-state index is 5.86. The summed E-state index contributed by atoms with van der Waals surface area (Å²) in [6, 6.07) is 8.79. The summed E-state index contributed by atoms with van der Waals surface area (Å²) >= 11 is 5.86. The number of morpholine rings is 1. The van der Waals surface area contributed by atoms with E-state index in [0.29, 0.717) is 5.88 Å². The molecule has 2 aliphatic rings. The Hall–Kier alpha value is -0.570. The Labute approximate surface area is 108 Å². The molecule has 1 aliphatic heterocycles. The van der Waals surface area contributed by atoms with Crippen LogP contribution in [0.5, 0.6) is 0 Å². The summed E-state index contributed by atoms with van der Waals surface area (Å²) in [5.74, 6) is 1.33. The van der Waals surface area contributed by atoms with E-state index in [1.165, 1.54) is 12.0 Å².